The molecule has 3 rings (SSSR count). The van der Waals surface area contributed by atoms with Crippen LogP contribution >= 0.6 is 0 Å². The smallest absolute Gasteiger partial charge is 0.158 e. The van der Waals surface area contributed by atoms with Gasteiger partial charge in [0.2, 0.25) is 0 Å². The summed E-state index contributed by atoms with van der Waals surface area (Å²) < 4.78 is 13.1. The highest BCUT2D eigenvalue weighted by Crippen LogP contribution is 2.34. The van der Waals surface area contributed by atoms with Crippen LogP contribution in [0.4, 0.5) is 10.1 Å². The largest absolute Gasteiger partial charge is 0.387 e. The zero-order chi connectivity index (χ0) is 18.0. The molecule has 4 nitrogen and oxygen atoms in total. The Morgan fingerprint density at radius 3 is 2.56 bits per heavy atom. The number of hydrogen-bond acceptors (Lipinski definition) is 3. The summed E-state index contributed by atoms with van der Waals surface area (Å²) in [6.07, 6.45) is 2.35. The van der Waals surface area contributed by atoms with Gasteiger partial charge in [-0.2, -0.15) is 0 Å². The summed E-state index contributed by atoms with van der Waals surface area (Å²) in [4.78, 5) is 12.1. The molecular weight excluding hydrogens is 317 g/mol. The number of aliphatic imine (C=N–C) groups is 1. The minimum atomic E-state index is -0.250. The molecule has 1 aliphatic heterocycles. The van der Waals surface area contributed by atoms with Crippen molar-refractivity contribution < 1.29 is 9.23 Å². The molecule has 25 heavy (non-hydrogen) atoms. The van der Waals surface area contributed by atoms with Gasteiger partial charge in [0.1, 0.15) is 5.82 Å². The first kappa shape index (κ1) is 17.1. The van der Waals surface area contributed by atoms with E-state index < -0.39 is 0 Å². The first-order chi connectivity index (χ1) is 11.9. The Bertz CT molecular complexity index is 826. The molecule has 1 unspecified atom stereocenters. The third kappa shape index (κ3) is 3.87. The van der Waals surface area contributed by atoms with Crippen molar-refractivity contribution in [1.82, 2.24) is 4.90 Å². The van der Waals surface area contributed by atoms with E-state index in [2.05, 4.69) is 29.2 Å². The zero-order valence-corrected chi connectivity index (χ0v) is 15.0. The van der Waals surface area contributed by atoms with Crippen molar-refractivity contribution in [3.63, 3.8) is 0 Å². The van der Waals surface area contributed by atoms with Gasteiger partial charge >= 0.3 is 0 Å². The number of halogens is 1. The van der Waals surface area contributed by atoms with Crippen LogP contribution in [0.1, 0.15) is 34.8 Å². The lowest BCUT2D eigenvalue weighted by Crippen LogP contribution is -2.07. The van der Waals surface area contributed by atoms with E-state index in [1.165, 1.54) is 12.1 Å². The molecule has 0 N–H and O–H groups in total. The average molecular weight is 339 g/mol. The van der Waals surface area contributed by atoms with E-state index in [4.69, 9.17) is 4.84 Å². The molecule has 0 bridgehead atoms. The molecule has 1 heterocycles. The van der Waals surface area contributed by atoms with Crippen molar-refractivity contribution in [1.29, 1.82) is 0 Å². The molecule has 1 atom stereocenters. The van der Waals surface area contributed by atoms with Gasteiger partial charge in [0.25, 0.3) is 0 Å². The average Bonchev–Trinajstić information content (AvgIpc) is 3.05. The Hall–Kier alpha value is -2.69. The molecule has 2 aromatic rings. The molecule has 130 valence electrons. The van der Waals surface area contributed by atoms with Crippen LogP contribution in [0.5, 0.6) is 0 Å². The fourth-order valence-electron chi connectivity index (χ4n) is 2.84. The van der Waals surface area contributed by atoms with Gasteiger partial charge in [0.05, 0.1) is 17.7 Å². The first-order valence-electron chi connectivity index (χ1n) is 8.24. The summed E-state index contributed by atoms with van der Waals surface area (Å²) >= 11 is 0. The van der Waals surface area contributed by atoms with E-state index in [0.29, 0.717) is 6.42 Å². The number of oxime groups is 1. The second-order valence-corrected chi connectivity index (χ2v) is 6.55. The van der Waals surface area contributed by atoms with E-state index in [1.54, 1.807) is 18.5 Å². The van der Waals surface area contributed by atoms with Crippen molar-refractivity contribution in [2.45, 2.75) is 26.4 Å². The highest BCUT2D eigenvalue weighted by atomic mass is 19.1. The Morgan fingerprint density at radius 2 is 1.88 bits per heavy atom. The van der Waals surface area contributed by atoms with Crippen molar-refractivity contribution in [3.05, 3.63) is 64.5 Å². The number of aryl methyl sites for hydroxylation is 2. The molecule has 0 radical (unpaired) electrons. The summed E-state index contributed by atoms with van der Waals surface area (Å²) in [5, 5.41) is 4.20. The quantitative estimate of drug-likeness (QED) is 0.606. The van der Waals surface area contributed by atoms with Crippen molar-refractivity contribution in [3.8, 4) is 0 Å². The van der Waals surface area contributed by atoms with Gasteiger partial charge in [-0.1, -0.05) is 17.3 Å². The van der Waals surface area contributed by atoms with Crippen LogP contribution in [-0.2, 0) is 4.84 Å². The Morgan fingerprint density at radius 1 is 1.16 bits per heavy atom. The topological polar surface area (TPSA) is 37.2 Å². The Labute approximate surface area is 147 Å². The number of nitrogens with zero attached hydrogens (tertiary/aromatic N) is 3. The maximum absolute atomic E-state index is 13.1. The third-order valence-electron chi connectivity index (χ3n) is 4.21. The SMILES string of the molecule is Cc1cc(C2CC(c3ccc(F)cc3)=NO2)c(C)cc1/N=C\N(C)C. The fourth-order valence-corrected chi connectivity index (χ4v) is 2.84. The minimum absolute atomic E-state index is 0.120. The van der Waals surface area contributed by atoms with Crippen LogP contribution in [0.15, 0.2) is 46.5 Å². The Kier molecular flexibility index (Phi) is 4.83. The molecule has 5 heteroatoms. The summed E-state index contributed by atoms with van der Waals surface area (Å²) in [6.45, 7) is 4.10. The van der Waals surface area contributed by atoms with Crippen LogP contribution < -0.4 is 0 Å². The predicted molar refractivity (Wildman–Crippen MR) is 99.1 cm³/mol. The lowest BCUT2D eigenvalue weighted by atomic mass is 9.95. The Balaban J connectivity index is 1.79. The van der Waals surface area contributed by atoms with Crippen LogP contribution in [-0.4, -0.2) is 31.0 Å². The van der Waals surface area contributed by atoms with E-state index in [9.17, 15) is 4.39 Å². The minimum Gasteiger partial charge on any atom is -0.387 e. The standard InChI is InChI=1S/C20H22FN3O/c1-13-10-18(22-12-24(3)4)14(2)9-17(13)20-11-19(23-25-20)15-5-7-16(21)8-6-15/h5-10,12,20H,11H2,1-4H3/b22-12-. The molecule has 0 aliphatic carbocycles. The lowest BCUT2D eigenvalue weighted by molar-refractivity contribution is 0.0852. The van der Waals surface area contributed by atoms with Gasteiger partial charge < -0.3 is 9.74 Å². The molecular formula is C20H22FN3O. The molecule has 0 spiro atoms. The monoisotopic (exact) mass is 339 g/mol. The van der Waals surface area contributed by atoms with E-state index in [0.717, 1.165) is 33.7 Å². The van der Waals surface area contributed by atoms with Gasteiger partial charge in [-0.25, -0.2) is 9.38 Å². The van der Waals surface area contributed by atoms with Gasteiger partial charge in [-0.05, 0) is 60.4 Å². The maximum Gasteiger partial charge on any atom is 0.158 e. The number of rotatable bonds is 4. The third-order valence-corrected chi connectivity index (χ3v) is 4.21. The van der Waals surface area contributed by atoms with E-state index in [-0.39, 0.29) is 11.9 Å². The fraction of sp³-hybridized carbons (Fsp3) is 0.300. The summed E-state index contributed by atoms with van der Waals surface area (Å²) in [5.41, 5.74) is 6.02. The maximum atomic E-state index is 13.1. The van der Waals surface area contributed by atoms with E-state index >= 15 is 0 Å². The molecule has 0 aromatic heterocycles. The van der Waals surface area contributed by atoms with Crippen molar-refractivity contribution >= 4 is 17.7 Å². The van der Waals surface area contributed by atoms with Gasteiger partial charge in [-0.15, -0.1) is 0 Å². The van der Waals surface area contributed by atoms with Crippen LogP contribution in [0.3, 0.4) is 0 Å². The molecule has 0 amide bonds. The summed E-state index contributed by atoms with van der Waals surface area (Å²) in [7, 11) is 3.89. The molecule has 0 saturated carbocycles. The summed E-state index contributed by atoms with van der Waals surface area (Å²) in [6, 6.07) is 10.5. The number of benzene rings is 2. The zero-order valence-electron chi connectivity index (χ0n) is 15.0. The number of hydrogen-bond donors (Lipinski definition) is 0. The molecule has 0 fully saturated rings. The second kappa shape index (κ2) is 7.05. The van der Waals surface area contributed by atoms with Crippen molar-refractivity contribution in [2.75, 3.05) is 14.1 Å². The summed E-state index contributed by atoms with van der Waals surface area (Å²) in [5.74, 6) is -0.250. The molecule has 1 aliphatic rings. The predicted octanol–water partition coefficient (Wildman–Crippen LogP) is 4.53. The molecule has 0 saturated heterocycles. The molecule has 2 aromatic carbocycles. The lowest BCUT2D eigenvalue weighted by Gasteiger charge is -2.14. The van der Waals surface area contributed by atoms with Crippen LogP contribution in [0.2, 0.25) is 0 Å². The van der Waals surface area contributed by atoms with E-state index in [1.807, 2.05) is 25.9 Å². The van der Waals surface area contributed by atoms with Gasteiger partial charge in [0, 0.05) is 20.5 Å². The highest BCUT2D eigenvalue weighted by molar-refractivity contribution is 6.01. The van der Waals surface area contributed by atoms with Crippen LogP contribution in [0.25, 0.3) is 0 Å². The van der Waals surface area contributed by atoms with Gasteiger partial charge in [0.15, 0.2) is 6.10 Å². The van der Waals surface area contributed by atoms with Gasteiger partial charge in [-0.3, -0.25) is 0 Å². The normalized spacial score (nSPS) is 16.8. The van der Waals surface area contributed by atoms with Crippen LogP contribution in [0, 0.1) is 19.7 Å². The van der Waals surface area contributed by atoms with Crippen molar-refractivity contribution in [2.24, 2.45) is 10.1 Å². The first-order valence-corrected chi connectivity index (χ1v) is 8.24. The highest BCUT2D eigenvalue weighted by Gasteiger charge is 2.25. The second-order valence-electron chi connectivity index (χ2n) is 6.55.